The summed E-state index contributed by atoms with van der Waals surface area (Å²) in [4.78, 5) is 40.9. The predicted octanol–water partition coefficient (Wildman–Crippen LogP) is 1.45. The van der Waals surface area contributed by atoms with Crippen LogP contribution in [0.15, 0.2) is 59.0 Å². The maximum Gasteiger partial charge on any atom is 0.262 e. The molecule has 0 aliphatic carbocycles. The number of nitrogens with one attached hydrogen (secondary N) is 1. The molecule has 0 spiro atoms. The number of nitrogens with zero attached hydrogens (tertiary/aromatic N) is 2. The lowest BCUT2D eigenvalue weighted by molar-refractivity contribution is -0.255. The smallest absolute Gasteiger partial charge is 0.262 e. The third kappa shape index (κ3) is 4.45. The Kier molecular flexibility index (Phi) is 6.13. The first-order valence-electron chi connectivity index (χ1n) is 9.65. The first-order valence-corrected chi connectivity index (χ1v) is 10.6. The number of rotatable bonds is 7. The van der Waals surface area contributed by atoms with E-state index in [-0.39, 0.29) is 45.4 Å². The van der Waals surface area contributed by atoms with Gasteiger partial charge in [-0.2, -0.15) is 0 Å². The number of fused-ring (bicyclic) bond motifs is 2. The summed E-state index contributed by atoms with van der Waals surface area (Å²) in [6, 6.07) is 9.09. The number of carbonyl (C=O) groups excluding carboxylic acids is 2. The summed E-state index contributed by atoms with van der Waals surface area (Å²) in [6.45, 7) is 4.76. The van der Waals surface area contributed by atoms with E-state index in [0.29, 0.717) is 30.4 Å². The Morgan fingerprint density at radius 2 is 1.97 bits per heavy atom. The number of amides is 1. The molecular weight excluding hydrogens is 434 g/mol. The molecule has 1 aliphatic heterocycles. The van der Waals surface area contributed by atoms with Crippen LogP contribution in [0.4, 0.5) is 5.69 Å². The molecule has 0 saturated carbocycles. The Balaban J connectivity index is 1.55. The molecule has 32 heavy (non-hydrogen) atoms. The average Bonchev–Trinajstić information content (AvgIpc) is 2.79. The number of carbonyl (C=O) groups is 2. The lowest BCUT2D eigenvalue weighted by Crippen LogP contribution is -2.25. The molecule has 1 aromatic heterocycles. The van der Waals surface area contributed by atoms with Gasteiger partial charge in [-0.3, -0.25) is 14.2 Å². The van der Waals surface area contributed by atoms with Crippen molar-refractivity contribution in [3.8, 4) is 11.5 Å². The summed E-state index contributed by atoms with van der Waals surface area (Å²) >= 11 is 1.06. The van der Waals surface area contributed by atoms with E-state index in [4.69, 9.17) is 9.47 Å². The fourth-order valence-corrected chi connectivity index (χ4v) is 3.98. The molecule has 1 aliphatic rings. The molecule has 0 atom stereocenters. The number of aromatic nitrogens is 2. The highest BCUT2D eigenvalue weighted by Gasteiger charge is 2.15. The number of anilines is 1. The molecule has 10 heteroatoms. The lowest BCUT2D eigenvalue weighted by Gasteiger charge is -2.19. The van der Waals surface area contributed by atoms with E-state index in [2.05, 4.69) is 16.9 Å². The van der Waals surface area contributed by atoms with Crippen LogP contribution in [0.3, 0.4) is 0 Å². The Morgan fingerprint density at radius 3 is 2.72 bits per heavy atom. The van der Waals surface area contributed by atoms with Gasteiger partial charge in [0.1, 0.15) is 13.2 Å². The zero-order valence-electron chi connectivity index (χ0n) is 16.8. The predicted molar refractivity (Wildman–Crippen MR) is 117 cm³/mol. The van der Waals surface area contributed by atoms with Crippen LogP contribution in [0, 0.1) is 0 Å². The summed E-state index contributed by atoms with van der Waals surface area (Å²) in [6.07, 6.45) is 1.55. The summed E-state index contributed by atoms with van der Waals surface area (Å²) in [7, 11) is 0. The topological polar surface area (TPSA) is 123 Å². The standard InChI is InChI=1S/C22H19N3O6S/c1-2-7-25-20(27)15-5-3-13(21(28)29)10-16(15)24-22(25)32-12-19(26)23-14-4-6-17-18(11-14)31-9-8-30-17/h2-6,10-11H,1,7-9,12H2,(H,23,26)(H,28,29)/p-1. The number of ether oxygens (including phenoxy) is 2. The van der Waals surface area contributed by atoms with Crippen molar-refractivity contribution < 1.29 is 24.2 Å². The van der Waals surface area contributed by atoms with E-state index < -0.39 is 5.97 Å². The first-order chi connectivity index (χ1) is 15.5. The van der Waals surface area contributed by atoms with Crippen molar-refractivity contribution in [1.29, 1.82) is 0 Å². The number of thioether (sulfide) groups is 1. The molecule has 0 saturated heterocycles. The third-order valence-corrected chi connectivity index (χ3v) is 5.60. The Morgan fingerprint density at radius 1 is 1.19 bits per heavy atom. The highest BCUT2D eigenvalue weighted by atomic mass is 32.2. The quantitative estimate of drug-likeness (QED) is 0.325. The second kappa shape index (κ2) is 9.15. The van der Waals surface area contributed by atoms with Gasteiger partial charge in [0, 0.05) is 18.3 Å². The normalized spacial score (nSPS) is 12.4. The SMILES string of the molecule is C=CCn1c(SCC(=O)Nc2ccc3c(c2)OCCO3)nc2cc(C(=O)[O-])ccc2c1=O. The molecule has 4 rings (SSSR count). The molecule has 0 unspecified atom stereocenters. The maximum atomic E-state index is 12.9. The minimum Gasteiger partial charge on any atom is -0.545 e. The molecule has 0 fully saturated rings. The number of carboxylic acids is 1. The number of carboxylic acid groups (broad SMARTS) is 1. The number of hydrogen-bond donors (Lipinski definition) is 1. The zero-order chi connectivity index (χ0) is 22.7. The first kappa shape index (κ1) is 21.4. The molecule has 3 aromatic rings. The van der Waals surface area contributed by atoms with Gasteiger partial charge in [-0.15, -0.1) is 6.58 Å². The van der Waals surface area contributed by atoms with Crippen molar-refractivity contribution in [2.45, 2.75) is 11.7 Å². The molecule has 1 N–H and O–H groups in total. The molecule has 164 valence electrons. The van der Waals surface area contributed by atoms with Crippen LogP contribution in [-0.4, -0.2) is 40.4 Å². The monoisotopic (exact) mass is 452 g/mol. The number of hydrogen-bond acceptors (Lipinski definition) is 8. The molecule has 2 heterocycles. The summed E-state index contributed by atoms with van der Waals surface area (Å²) in [5.74, 6) is -0.523. The van der Waals surface area contributed by atoms with Gasteiger partial charge >= 0.3 is 0 Å². The van der Waals surface area contributed by atoms with Crippen molar-refractivity contribution in [1.82, 2.24) is 9.55 Å². The van der Waals surface area contributed by atoms with E-state index in [0.717, 1.165) is 11.8 Å². The van der Waals surface area contributed by atoms with Crippen LogP contribution >= 0.6 is 11.8 Å². The van der Waals surface area contributed by atoms with Gasteiger partial charge in [0.05, 0.1) is 22.6 Å². The van der Waals surface area contributed by atoms with Gasteiger partial charge in [0.2, 0.25) is 5.91 Å². The lowest BCUT2D eigenvalue weighted by atomic mass is 10.1. The summed E-state index contributed by atoms with van der Waals surface area (Å²) in [5.41, 5.74) is 0.327. The van der Waals surface area contributed by atoms with Gasteiger partial charge in [-0.05, 0) is 29.8 Å². The fourth-order valence-electron chi connectivity index (χ4n) is 3.18. The van der Waals surface area contributed by atoms with Crippen molar-refractivity contribution in [3.05, 3.63) is 65.0 Å². The molecule has 1 amide bonds. The van der Waals surface area contributed by atoms with E-state index in [1.54, 1.807) is 24.3 Å². The number of allylic oxidation sites excluding steroid dienone is 1. The minimum atomic E-state index is -1.36. The van der Waals surface area contributed by atoms with Gasteiger partial charge in [0.15, 0.2) is 16.7 Å². The van der Waals surface area contributed by atoms with Crippen LogP contribution in [0.2, 0.25) is 0 Å². The van der Waals surface area contributed by atoms with Gasteiger partial charge in [-0.1, -0.05) is 23.9 Å². The maximum absolute atomic E-state index is 12.9. The number of aromatic carboxylic acids is 1. The van der Waals surface area contributed by atoms with Crippen LogP contribution < -0.4 is 25.5 Å². The van der Waals surface area contributed by atoms with Crippen molar-refractivity contribution in [2.75, 3.05) is 24.3 Å². The van der Waals surface area contributed by atoms with E-state index in [1.165, 1.54) is 22.8 Å². The van der Waals surface area contributed by atoms with Crippen molar-refractivity contribution in [3.63, 3.8) is 0 Å². The second-order valence-corrected chi connectivity index (χ2v) is 7.76. The zero-order valence-corrected chi connectivity index (χ0v) is 17.6. The van der Waals surface area contributed by atoms with Gasteiger partial charge in [-0.25, -0.2) is 4.98 Å². The minimum absolute atomic E-state index is 0.0241. The second-order valence-electron chi connectivity index (χ2n) is 6.81. The van der Waals surface area contributed by atoms with E-state index >= 15 is 0 Å². The third-order valence-electron chi connectivity index (χ3n) is 4.63. The molecule has 0 radical (unpaired) electrons. The van der Waals surface area contributed by atoms with Crippen molar-refractivity contribution >= 4 is 40.2 Å². The van der Waals surface area contributed by atoms with Crippen LogP contribution in [0.25, 0.3) is 10.9 Å². The Labute approximate surface area is 186 Å². The molecule has 0 bridgehead atoms. The van der Waals surface area contributed by atoms with Crippen LogP contribution in [-0.2, 0) is 11.3 Å². The molecule has 9 nitrogen and oxygen atoms in total. The highest BCUT2D eigenvalue weighted by Crippen LogP contribution is 2.32. The molecule has 2 aromatic carbocycles. The highest BCUT2D eigenvalue weighted by molar-refractivity contribution is 7.99. The van der Waals surface area contributed by atoms with E-state index in [1.807, 2.05) is 0 Å². The summed E-state index contributed by atoms with van der Waals surface area (Å²) < 4.78 is 12.4. The summed E-state index contributed by atoms with van der Waals surface area (Å²) in [5, 5.41) is 14.5. The average molecular weight is 452 g/mol. The van der Waals surface area contributed by atoms with Crippen LogP contribution in [0.1, 0.15) is 10.4 Å². The largest absolute Gasteiger partial charge is 0.545 e. The van der Waals surface area contributed by atoms with Gasteiger partial charge < -0.3 is 24.7 Å². The number of benzene rings is 2. The van der Waals surface area contributed by atoms with Gasteiger partial charge in [0.25, 0.3) is 5.56 Å². The van der Waals surface area contributed by atoms with Crippen molar-refractivity contribution in [2.24, 2.45) is 0 Å². The van der Waals surface area contributed by atoms with Crippen LogP contribution in [0.5, 0.6) is 11.5 Å². The Bertz CT molecular complexity index is 1290. The fraction of sp³-hybridized carbons (Fsp3) is 0.182. The Hall–Kier alpha value is -3.79. The molecular formula is C22H18N3O6S-. The van der Waals surface area contributed by atoms with E-state index in [9.17, 15) is 19.5 Å².